The third kappa shape index (κ3) is 3.74. The molecule has 0 fully saturated rings. The lowest BCUT2D eigenvalue weighted by atomic mass is 10.1. The molecule has 15 heavy (non-hydrogen) atoms. The number of amides is 1. The molecule has 1 atom stereocenters. The zero-order chi connectivity index (χ0) is 11.3. The van der Waals surface area contributed by atoms with Crippen LogP contribution in [0.3, 0.4) is 0 Å². The molecule has 3 N–H and O–H groups in total. The van der Waals surface area contributed by atoms with Crippen LogP contribution in [0.5, 0.6) is 0 Å². The Balaban J connectivity index is 2.56. The van der Waals surface area contributed by atoms with E-state index in [0.717, 1.165) is 5.56 Å². The average Bonchev–Trinajstić information content (AvgIpc) is 2.17. The number of rotatable bonds is 3. The van der Waals surface area contributed by atoms with Crippen LogP contribution in [0.25, 0.3) is 0 Å². The minimum Gasteiger partial charge on any atom is -0.399 e. The fraction of sp³-hybridized carbons (Fsp3) is 0.250. The lowest BCUT2D eigenvalue weighted by molar-refractivity contribution is -0.120. The molecule has 0 saturated carbocycles. The summed E-state index contributed by atoms with van der Waals surface area (Å²) >= 11 is 0. The molecule has 1 rings (SSSR count). The standard InChI is InChI=1S/C12H14N2O/c1-3-9(2)14-12(15)8-10-5-4-6-11(13)7-10/h1,4-7,9H,8,13H2,2H3,(H,14,15). The minimum atomic E-state index is -0.237. The molecule has 0 aliphatic carbocycles. The number of nitrogens with one attached hydrogen (secondary N) is 1. The maximum atomic E-state index is 11.4. The second-order valence-corrected chi connectivity index (χ2v) is 3.38. The Morgan fingerprint density at radius 3 is 3.00 bits per heavy atom. The van der Waals surface area contributed by atoms with Crippen molar-refractivity contribution in [3.8, 4) is 12.3 Å². The maximum absolute atomic E-state index is 11.4. The van der Waals surface area contributed by atoms with E-state index in [2.05, 4.69) is 11.2 Å². The second kappa shape index (κ2) is 5.06. The summed E-state index contributed by atoms with van der Waals surface area (Å²) in [5.41, 5.74) is 7.14. The van der Waals surface area contributed by atoms with Crippen molar-refractivity contribution in [1.82, 2.24) is 5.32 Å². The van der Waals surface area contributed by atoms with Gasteiger partial charge in [-0.05, 0) is 24.6 Å². The Kier molecular flexibility index (Phi) is 3.75. The van der Waals surface area contributed by atoms with Crippen LogP contribution in [0, 0.1) is 12.3 Å². The summed E-state index contributed by atoms with van der Waals surface area (Å²) in [6.07, 6.45) is 5.46. The number of hydrogen-bond donors (Lipinski definition) is 2. The first-order valence-electron chi connectivity index (χ1n) is 4.71. The average molecular weight is 202 g/mol. The van der Waals surface area contributed by atoms with Crippen LogP contribution in [-0.2, 0) is 11.2 Å². The van der Waals surface area contributed by atoms with E-state index in [4.69, 9.17) is 12.2 Å². The lowest BCUT2D eigenvalue weighted by Gasteiger charge is -2.07. The smallest absolute Gasteiger partial charge is 0.225 e. The van der Waals surface area contributed by atoms with E-state index in [-0.39, 0.29) is 11.9 Å². The largest absolute Gasteiger partial charge is 0.399 e. The van der Waals surface area contributed by atoms with Gasteiger partial charge in [-0.2, -0.15) is 0 Å². The number of benzene rings is 1. The molecule has 0 heterocycles. The van der Waals surface area contributed by atoms with Crippen molar-refractivity contribution in [1.29, 1.82) is 0 Å². The predicted molar refractivity (Wildman–Crippen MR) is 61.0 cm³/mol. The molecule has 0 aliphatic rings. The van der Waals surface area contributed by atoms with E-state index in [1.54, 1.807) is 19.1 Å². The maximum Gasteiger partial charge on any atom is 0.225 e. The third-order valence-electron chi connectivity index (χ3n) is 1.94. The van der Waals surface area contributed by atoms with Gasteiger partial charge >= 0.3 is 0 Å². The monoisotopic (exact) mass is 202 g/mol. The summed E-state index contributed by atoms with van der Waals surface area (Å²) in [6.45, 7) is 1.76. The van der Waals surface area contributed by atoms with Crippen LogP contribution in [0.1, 0.15) is 12.5 Å². The van der Waals surface area contributed by atoms with E-state index in [1.807, 2.05) is 12.1 Å². The van der Waals surface area contributed by atoms with Crippen LogP contribution in [0.15, 0.2) is 24.3 Å². The van der Waals surface area contributed by atoms with Crippen molar-refractivity contribution in [2.45, 2.75) is 19.4 Å². The summed E-state index contributed by atoms with van der Waals surface area (Å²) in [5.74, 6) is 2.34. The highest BCUT2D eigenvalue weighted by molar-refractivity contribution is 5.79. The molecule has 1 aromatic carbocycles. The molecule has 0 saturated heterocycles. The quantitative estimate of drug-likeness (QED) is 0.566. The van der Waals surface area contributed by atoms with Gasteiger partial charge in [0.2, 0.25) is 5.91 Å². The van der Waals surface area contributed by atoms with Gasteiger partial charge in [0.15, 0.2) is 0 Å². The van der Waals surface area contributed by atoms with Gasteiger partial charge in [-0.3, -0.25) is 4.79 Å². The summed E-state index contributed by atoms with van der Waals surface area (Å²) in [4.78, 5) is 11.4. The predicted octanol–water partition coefficient (Wildman–Crippen LogP) is 0.949. The molecular formula is C12H14N2O. The molecule has 3 heteroatoms. The number of carbonyl (C=O) groups is 1. The SMILES string of the molecule is C#CC(C)NC(=O)Cc1cccc(N)c1. The molecule has 78 valence electrons. The van der Waals surface area contributed by atoms with E-state index in [9.17, 15) is 4.79 Å². The molecule has 0 spiro atoms. The van der Waals surface area contributed by atoms with Crippen molar-refractivity contribution >= 4 is 11.6 Å². The van der Waals surface area contributed by atoms with Gasteiger partial charge in [-0.15, -0.1) is 6.42 Å². The number of nitrogen functional groups attached to an aromatic ring is 1. The zero-order valence-electron chi connectivity index (χ0n) is 8.66. The molecule has 0 bridgehead atoms. The van der Waals surface area contributed by atoms with Gasteiger partial charge in [-0.25, -0.2) is 0 Å². The summed E-state index contributed by atoms with van der Waals surface area (Å²) in [6, 6.07) is 7.00. The summed E-state index contributed by atoms with van der Waals surface area (Å²) in [7, 11) is 0. The van der Waals surface area contributed by atoms with Crippen LogP contribution in [0.2, 0.25) is 0 Å². The highest BCUT2D eigenvalue weighted by Crippen LogP contribution is 2.06. The molecule has 1 amide bonds. The Hall–Kier alpha value is -1.95. The number of hydrogen-bond acceptors (Lipinski definition) is 2. The van der Waals surface area contributed by atoms with Gasteiger partial charge in [0.05, 0.1) is 12.5 Å². The third-order valence-corrected chi connectivity index (χ3v) is 1.94. The van der Waals surface area contributed by atoms with Crippen LogP contribution in [0.4, 0.5) is 5.69 Å². The highest BCUT2D eigenvalue weighted by Gasteiger charge is 2.05. The van der Waals surface area contributed by atoms with Crippen molar-refractivity contribution in [3.63, 3.8) is 0 Å². The normalized spacial score (nSPS) is 11.5. The fourth-order valence-electron chi connectivity index (χ4n) is 1.22. The first-order valence-corrected chi connectivity index (χ1v) is 4.71. The lowest BCUT2D eigenvalue weighted by Crippen LogP contribution is -2.32. The van der Waals surface area contributed by atoms with Gasteiger partial charge in [0.25, 0.3) is 0 Å². The molecule has 0 aromatic heterocycles. The van der Waals surface area contributed by atoms with Crippen molar-refractivity contribution < 1.29 is 4.79 Å². The summed E-state index contributed by atoms with van der Waals surface area (Å²) in [5, 5.41) is 2.68. The number of nitrogens with two attached hydrogens (primary N) is 1. The Morgan fingerprint density at radius 1 is 1.67 bits per heavy atom. The van der Waals surface area contributed by atoms with Gasteiger partial charge in [-0.1, -0.05) is 18.1 Å². The van der Waals surface area contributed by atoms with Gasteiger partial charge < -0.3 is 11.1 Å². The van der Waals surface area contributed by atoms with Crippen LogP contribution < -0.4 is 11.1 Å². The number of terminal acetylenes is 1. The fourth-order valence-corrected chi connectivity index (χ4v) is 1.22. The Labute approximate surface area is 89.7 Å². The first kappa shape index (κ1) is 11.1. The van der Waals surface area contributed by atoms with E-state index in [0.29, 0.717) is 12.1 Å². The highest BCUT2D eigenvalue weighted by atomic mass is 16.1. The molecule has 3 nitrogen and oxygen atoms in total. The van der Waals surface area contributed by atoms with Crippen molar-refractivity contribution in [2.75, 3.05) is 5.73 Å². The van der Waals surface area contributed by atoms with Gasteiger partial charge in [0.1, 0.15) is 0 Å². The second-order valence-electron chi connectivity index (χ2n) is 3.38. The van der Waals surface area contributed by atoms with E-state index >= 15 is 0 Å². The molecular weight excluding hydrogens is 188 g/mol. The van der Waals surface area contributed by atoms with E-state index in [1.165, 1.54) is 0 Å². The number of anilines is 1. The Morgan fingerprint density at radius 2 is 2.40 bits per heavy atom. The minimum absolute atomic E-state index is 0.0916. The first-order chi connectivity index (χ1) is 7.11. The van der Waals surface area contributed by atoms with Gasteiger partial charge in [0, 0.05) is 5.69 Å². The molecule has 1 unspecified atom stereocenters. The Bertz CT molecular complexity index is 393. The topological polar surface area (TPSA) is 55.1 Å². The van der Waals surface area contributed by atoms with Crippen molar-refractivity contribution in [2.24, 2.45) is 0 Å². The number of carbonyl (C=O) groups excluding carboxylic acids is 1. The van der Waals surface area contributed by atoms with Crippen LogP contribution >= 0.6 is 0 Å². The summed E-state index contributed by atoms with van der Waals surface area (Å²) < 4.78 is 0. The molecule has 0 radical (unpaired) electrons. The van der Waals surface area contributed by atoms with E-state index < -0.39 is 0 Å². The van der Waals surface area contributed by atoms with Crippen molar-refractivity contribution in [3.05, 3.63) is 29.8 Å². The van der Waals surface area contributed by atoms with Crippen LogP contribution in [-0.4, -0.2) is 11.9 Å². The molecule has 0 aliphatic heterocycles. The molecule has 1 aromatic rings. The zero-order valence-corrected chi connectivity index (χ0v) is 8.66.